The molecule has 0 bridgehead atoms. The van der Waals surface area contributed by atoms with Crippen molar-refractivity contribution in [1.82, 2.24) is 0 Å². The molecule has 0 amide bonds. The van der Waals surface area contributed by atoms with Crippen LogP contribution in [0.3, 0.4) is 0 Å². The SMILES string of the molecule is CCCCCCc1scc2c1OCCC2. The molecule has 84 valence electrons. The Morgan fingerprint density at radius 2 is 2.27 bits per heavy atom. The first-order valence-electron chi connectivity index (χ1n) is 6.14. The lowest BCUT2D eigenvalue weighted by Crippen LogP contribution is -2.07. The minimum absolute atomic E-state index is 0.922. The van der Waals surface area contributed by atoms with E-state index in [1.165, 1.54) is 61.1 Å². The molecule has 0 atom stereocenters. The molecular weight excluding hydrogens is 204 g/mol. The van der Waals surface area contributed by atoms with Crippen LogP contribution >= 0.6 is 11.3 Å². The van der Waals surface area contributed by atoms with Crippen molar-refractivity contribution in [2.45, 2.75) is 51.9 Å². The summed E-state index contributed by atoms with van der Waals surface area (Å²) < 4.78 is 5.76. The van der Waals surface area contributed by atoms with Gasteiger partial charge in [0.25, 0.3) is 0 Å². The van der Waals surface area contributed by atoms with Crippen LogP contribution in [0.2, 0.25) is 0 Å². The average Bonchev–Trinajstić information content (AvgIpc) is 2.68. The molecule has 0 saturated heterocycles. The van der Waals surface area contributed by atoms with Crippen molar-refractivity contribution in [1.29, 1.82) is 0 Å². The Hall–Kier alpha value is -0.500. The first-order valence-corrected chi connectivity index (χ1v) is 7.02. The monoisotopic (exact) mass is 224 g/mol. The molecule has 1 aliphatic rings. The van der Waals surface area contributed by atoms with Gasteiger partial charge in [-0.2, -0.15) is 0 Å². The number of ether oxygens (including phenoxy) is 1. The van der Waals surface area contributed by atoms with Gasteiger partial charge in [-0.15, -0.1) is 11.3 Å². The summed E-state index contributed by atoms with van der Waals surface area (Å²) in [5.74, 6) is 1.24. The molecule has 1 aromatic rings. The second kappa shape index (κ2) is 5.55. The summed E-state index contributed by atoms with van der Waals surface area (Å²) in [6.07, 6.45) is 9.01. The van der Waals surface area contributed by atoms with E-state index in [1.807, 2.05) is 11.3 Å². The van der Waals surface area contributed by atoms with Crippen molar-refractivity contribution in [3.05, 3.63) is 15.8 Å². The predicted octanol–water partition coefficient (Wildman–Crippen LogP) is 4.20. The Balaban J connectivity index is 1.88. The van der Waals surface area contributed by atoms with E-state index in [1.54, 1.807) is 0 Å². The van der Waals surface area contributed by atoms with Gasteiger partial charge in [0.15, 0.2) is 0 Å². The maximum absolute atomic E-state index is 5.76. The zero-order chi connectivity index (χ0) is 10.5. The summed E-state index contributed by atoms with van der Waals surface area (Å²) in [6, 6.07) is 0. The summed E-state index contributed by atoms with van der Waals surface area (Å²) in [7, 11) is 0. The van der Waals surface area contributed by atoms with E-state index in [2.05, 4.69) is 12.3 Å². The number of unbranched alkanes of at least 4 members (excludes halogenated alkanes) is 3. The molecule has 1 aromatic heterocycles. The molecule has 0 unspecified atom stereocenters. The van der Waals surface area contributed by atoms with E-state index in [0.29, 0.717) is 0 Å². The molecule has 2 rings (SSSR count). The van der Waals surface area contributed by atoms with Crippen molar-refractivity contribution >= 4 is 11.3 Å². The highest BCUT2D eigenvalue weighted by atomic mass is 32.1. The number of hydrogen-bond donors (Lipinski definition) is 0. The topological polar surface area (TPSA) is 9.23 Å². The molecule has 1 aliphatic heterocycles. The van der Waals surface area contributed by atoms with Gasteiger partial charge in [-0.25, -0.2) is 0 Å². The molecule has 0 fully saturated rings. The normalized spacial score (nSPS) is 14.7. The Morgan fingerprint density at radius 1 is 1.33 bits per heavy atom. The van der Waals surface area contributed by atoms with Gasteiger partial charge in [-0.1, -0.05) is 26.2 Å². The van der Waals surface area contributed by atoms with E-state index < -0.39 is 0 Å². The number of fused-ring (bicyclic) bond motifs is 1. The molecule has 1 nitrogen and oxygen atoms in total. The van der Waals surface area contributed by atoms with E-state index in [9.17, 15) is 0 Å². The summed E-state index contributed by atoms with van der Waals surface area (Å²) in [4.78, 5) is 1.49. The lowest BCUT2D eigenvalue weighted by Gasteiger charge is -2.14. The maximum atomic E-state index is 5.76. The highest BCUT2D eigenvalue weighted by molar-refractivity contribution is 7.10. The quantitative estimate of drug-likeness (QED) is 0.681. The minimum atomic E-state index is 0.922. The summed E-state index contributed by atoms with van der Waals surface area (Å²) >= 11 is 1.90. The lowest BCUT2D eigenvalue weighted by molar-refractivity contribution is 0.287. The molecule has 0 aromatic carbocycles. The maximum Gasteiger partial charge on any atom is 0.136 e. The van der Waals surface area contributed by atoms with E-state index in [0.717, 1.165) is 6.61 Å². The van der Waals surface area contributed by atoms with Gasteiger partial charge >= 0.3 is 0 Å². The van der Waals surface area contributed by atoms with E-state index >= 15 is 0 Å². The van der Waals surface area contributed by atoms with Gasteiger partial charge < -0.3 is 4.74 Å². The Bertz CT molecular complexity index is 303. The molecule has 2 heterocycles. The van der Waals surface area contributed by atoms with Gasteiger partial charge in [-0.05, 0) is 31.1 Å². The van der Waals surface area contributed by atoms with Crippen LogP contribution in [0, 0.1) is 0 Å². The average molecular weight is 224 g/mol. The third kappa shape index (κ3) is 2.75. The third-order valence-corrected chi connectivity index (χ3v) is 4.06. The molecule has 0 radical (unpaired) electrons. The van der Waals surface area contributed by atoms with Crippen LogP contribution in [0.1, 0.15) is 49.5 Å². The van der Waals surface area contributed by atoms with Crippen molar-refractivity contribution in [2.24, 2.45) is 0 Å². The first kappa shape index (κ1) is 11.0. The minimum Gasteiger partial charge on any atom is -0.492 e. The van der Waals surface area contributed by atoms with Gasteiger partial charge in [-0.3, -0.25) is 0 Å². The van der Waals surface area contributed by atoms with E-state index in [4.69, 9.17) is 4.74 Å². The molecule has 0 spiro atoms. The highest BCUT2D eigenvalue weighted by Gasteiger charge is 2.16. The standard InChI is InChI=1S/C13H20OS/c1-2-3-4-5-8-12-13-11(10-15-12)7-6-9-14-13/h10H,2-9H2,1H3. The van der Waals surface area contributed by atoms with Gasteiger partial charge in [0.1, 0.15) is 5.75 Å². The smallest absolute Gasteiger partial charge is 0.136 e. The van der Waals surface area contributed by atoms with Crippen molar-refractivity contribution in [3.8, 4) is 5.75 Å². The molecule has 15 heavy (non-hydrogen) atoms. The van der Waals surface area contributed by atoms with Crippen molar-refractivity contribution < 1.29 is 4.74 Å². The Labute approximate surface area is 96.5 Å². The Morgan fingerprint density at radius 3 is 3.13 bits per heavy atom. The first-order chi connectivity index (χ1) is 7.42. The number of rotatable bonds is 5. The number of aryl methyl sites for hydroxylation is 2. The zero-order valence-corrected chi connectivity index (χ0v) is 10.4. The van der Waals surface area contributed by atoms with E-state index in [-0.39, 0.29) is 0 Å². The molecule has 0 N–H and O–H groups in total. The predicted molar refractivity (Wildman–Crippen MR) is 66.0 cm³/mol. The second-order valence-corrected chi connectivity index (χ2v) is 5.24. The highest BCUT2D eigenvalue weighted by Crippen LogP contribution is 2.35. The number of thiophene rings is 1. The second-order valence-electron chi connectivity index (χ2n) is 4.28. The third-order valence-electron chi connectivity index (χ3n) is 2.98. The van der Waals surface area contributed by atoms with Gasteiger partial charge in [0, 0.05) is 10.4 Å². The fraction of sp³-hybridized carbons (Fsp3) is 0.692. The van der Waals surface area contributed by atoms with Crippen LogP contribution in [0.25, 0.3) is 0 Å². The van der Waals surface area contributed by atoms with Gasteiger partial charge in [0.05, 0.1) is 6.61 Å². The fourth-order valence-electron chi connectivity index (χ4n) is 2.10. The van der Waals surface area contributed by atoms with Crippen LogP contribution < -0.4 is 4.74 Å². The number of hydrogen-bond acceptors (Lipinski definition) is 2. The van der Waals surface area contributed by atoms with Crippen molar-refractivity contribution in [3.63, 3.8) is 0 Å². The zero-order valence-electron chi connectivity index (χ0n) is 9.55. The molecule has 2 heteroatoms. The summed E-state index contributed by atoms with van der Waals surface area (Å²) in [5, 5.41) is 2.30. The van der Waals surface area contributed by atoms with Crippen LogP contribution in [0.4, 0.5) is 0 Å². The molecule has 0 saturated carbocycles. The lowest BCUT2D eigenvalue weighted by atomic mass is 10.1. The van der Waals surface area contributed by atoms with Gasteiger partial charge in [0.2, 0.25) is 0 Å². The molecular formula is C13H20OS. The Kier molecular flexibility index (Phi) is 4.07. The van der Waals surface area contributed by atoms with Crippen molar-refractivity contribution in [2.75, 3.05) is 6.61 Å². The summed E-state index contributed by atoms with van der Waals surface area (Å²) in [6.45, 7) is 3.18. The van der Waals surface area contributed by atoms with Crippen LogP contribution in [0.5, 0.6) is 5.75 Å². The fourth-order valence-corrected chi connectivity index (χ4v) is 3.16. The van der Waals surface area contributed by atoms with Crippen LogP contribution in [0.15, 0.2) is 5.38 Å². The van der Waals surface area contributed by atoms with Crippen LogP contribution in [-0.2, 0) is 12.8 Å². The molecule has 0 aliphatic carbocycles. The van der Waals surface area contributed by atoms with Crippen LogP contribution in [-0.4, -0.2) is 6.61 Å². The largest absolute Gasteiger partial charge is 0.492 e. The summed E-state index contributed by atoms with van der Waals surface area (Å²) in [5.41, 5.74) is 1.46.